The van der Waals surface area contributed by atoms with Gasteiger partial charge in [0.05, 0.1) is 6.10 Å². The maximum atomic E-state index is 14.8. The zero-order chi connectivity index (χ0) is 22.2. The third kappa shape index (κ3) is 2.94. The van der Waals surface area contributed by atoms with Crippen LogP contribution in [0, 0.1) is 11.7 Å². The Morgan fingerprint density at radius 3 is 2.41 bits per heavy atom. The van der Waals surface area contributed by atoms with Gasteiger partial charge in [0.25, 0.3) is 10.0 Å². The van der Waals surface area contributed by atoms with Gasteiger partial charge in [-0.15, -0.1) is 0 Å². The van der Waals surface area contributed by atoms with E-state index in [0.29, 0.717) is 53.8 Å². The molecule has 4 aliphatic carbocycles. The molecule has 3 unspecified atom stereocenters. The second-order valence-corrected chi connectivity index (χ2v) is 11.1. The van der Waals surface area contributed by atoms with E-state index in [4.69, 9.17) is 4.42 Å². The van der Waals surface area contributed by atoms with Crippen LogP contribution in [0.2, 0.25) is 0 Å². The first-order valence-corrected chi connectivity index (χ1v) is 12.8. The molecular weight excluding hydrogens is 435 g/mol. The third-order valence-corrected chi connectivity index (χ3v) is 8.86. The number of urea groups is 1. The summed E-state index contributed by atoms with van der Waals surface area (Å²) >= 11 is 0. The van der Waals surface area contributed by atoms with Crippen molar-refractivity contribution in [2.45, 2.75) is 74.9 Å². The molecule has 2 aromatic rings. The normalized spacial score (nSPS) is 25.4. The van der Waals surface area contributed by atoms with Crippen molar-refractivity contribution in [2.75, 3.05) is 5.32 Å². The van der Waals surface area contributed by atoms with Crippen LogP contribution in [0.4, 0.5) is 14.9 Å². The Labute approximate surface area is 185 Å². The van der Waals surface area contributed by atoms with E-state index in [1.807, 2.05) is 4.72 Å². The number of rotatable bonds is 3. The Balaban J connectivity index is 1.27. The number of carbonyl (C=O) groups excluding carboxylic acids is 1. The van der Waals surface area contributed by atoms with E-state index in [2.05, 4.69) is 5.32 Å². The van der Waals surface area contributed by atoms with Crippen LogP contribution >= 0.6 is 0 Å². The van der Waals surface area contributed by atoms with Gasteiger partial charge in [-0.2, -0.15) is 8.42 Å². The summed E-state index contributed by atoms with van der Waals surface area (Å²) in [5, 5.41) is 12.9. The summed E-state index contributed by atoms with van der Waals surface area (Å²) in [5.74, 6) is 0.596. The fourth-order valence-corrected chi connectivity index (χ4v) is 7.10. The number of halogens is 1. The molecule has 4 aliphatic rings. The van der Waals surface area contributed by atoms with E-state index in [9.17, 15) is 22.7 Å². The van der Waals surface area contributed by atoms with Gasteiger partial charge < -0.3 is 14.8 Å². The van der Waals surface area contributed by atoms with Crippen molar-refractivity contribution in [3.8, 4) is 0 Å². The largest absolute Gasteiger partial charge is 0.447 e. The maximum absolute atomic E-state index is 14.8. The van der Waals surface area contributed by atoms with E-state index >= 15 is 0 Å². The molecule has 7 nitrogen and oxygen atoms in total. The lowest BCUT2D eigenvalue weighted by atomic mass is 9.86. The first-order valence-electron chi connectivity index (χ1n) is 11.3. The fourth-order valence-electron chi connectivity index (χ4n) is 6.22. The molecule has 0 radical (unpaired) electrons. The highest BCUT2D eigenvalue weighted by molar-refractivity contribution is 7.89. The van der Waals surface area contributed by atoms with Crippen LogP contribution in [0.25, 0.3) is 0 Å². The van der Waals surface area contributed by atoms with Crippen LogP contribution in [-0.2, 0) is 35.7 Å². The summed E-state index contributed by atoms with van der Waals surface area (Å²) in [5.41, 5.74) is 3.93. The molecule has 1 heterocycles. The number of hydrogen-bond acceptors (Lipinski definition) is 5. The van der Waals surface area contributed by atoms with E-state index < -0.39 is 22.2 Å². The van der Waals surface area contributed by atoms with Crippen molar-refractivity contribution in [3.05, 3.63) is 45.5 Å². The molecule has 1 aromatic heterocycles. The van der Waals surface area contributed by atoms with Crippen LogP contribution in [0.3, 0.4) is 0 Å². The van der Waals surface area contributed by atoms with E-state index in [-0.39, 0.29) is 22.7 Å². The molecule has 2 bridgehead atoms. The van der Waals surface area contributed by atoms with Crippen LogP contribution < -0.4 is 10.0 Å². The van der Waals surface area contributed by atoms with Gasteiger partial charge in [0.15, 0.2) is 0 Å². The van der Waals surface area contributed by atoms with Gasteiger partial charge >= 0.3 is 6.03 Å². The Bertz CT molecular complexity index is 1200. The van der Waals surface area contributed by atoms with Crippen molar-refractivity contribution >= 4 is 21.7 Å². The van der Waals surface area contributed by atoms with Gasteiger partial charge in [-0.1, -0.05) is 0 Å². The average Bonchev–Trinajstić information content (AvgIpc) is 3.53. The molecule has 0 saturated heterocycles. The second kappa shape index (κ2) is 7.05. The zero-order valence-electron chi connectivity index (χ0n) is 17.5. The Hall–Kier alpha value is -2.39. The zero-order valence-corrected chi connectivity index (χ0v) is 18.4. The Morgan fingerprint density at radius 1 is 1.06 bits per heavy atom. The van der Waals surface area contributed by atoms with Gasteiger partial charge in [-0.25, -0.2) is 13.9 Å². The van der Waals surface area contributed by atoms with Crippen LogP contribution in [0.5, 0.6) is 0 Å². The molecule has 3 atom stereocenters. The van der Waals surface area contributed by atoms with Crippen molar-refractivity contribution < 1.29 is 27.1 Å². The molecule has 0 aliphatic heterocycles. The second-order valence-electron chi connectivity index (χ2n) is 9.47. The summed E-state index contributed by atoms with van der Waals surface area (Å²) < 4.78 is 48.3. The van der Waals surface area contributed by atoms with Crippen LogP contribution in [0.15, 0.2) is 15.6 Å². The first kappa shape index (κ1) is 20.2. The highest BCUT2D eigenvalue weighted by Gasteiger charge is 2.43. The standard InChI is InChI=1S/C23H25FN2O5S/c24-19-13-3-1-5-15(13)20(16-6-2-4-14(16)19)25-23(28)26-32(29,30)18-10-17-21(27)11-7-8-12(9-11)22(17)31-18/h10-12,21,27H,1-9H2,(H2,25,26,28). The minimum atomic E-state index is -4.26. The van der Waals surface area contributed by atoms with Gasteiger partial charge in [0, 0.05) is 23.2 Å². The SMILES string of the molecule is O=C(Nc1c2c(c(F)c3c1CCC3)CCC2)NS(=O)(=O)c1cc2c(o1)C1CCC(C1)C2O. The molecule has 1 saturated carbocycles. The number of fused-ring (bicyclic) bond motifs is 6. The van der Waals surface area contributed by atoms with Crippen molar-refractivity contribution in [2.24, 2.45) is 5.92 Å². The maximum Gasteiger partial charge on any atom is 0.333 e. The van der Waals surface area contributed by atoms with Crippen molar-refractivity contribution in [3.63, 3.8) is 0 Å². The molecule has 3 N–H and O–H groups in total. The van der Waals surface area contributed by atoms with Crippen LogP contribution in [0.1, 0.15) is 77.7 Å². The Kier molecular flexibility index (Phi) is 4.46. The van der Waals surface area contributed by atoms with E-state index in [0.717, 1.165) is 43.2 Å². The van der Waals surface area contributed by atoms with Crippen molar-refractivity contribution in [1.82, 2.24) is 4.72 Å². The summed E-state index contributed by atoms with van der Waals surface area (Å²) in [6, 6.07) is 0.448. The topological polar surface area (TPSA) is 109 Å². The molecule has 9 heteroatoms. The number of aliphatic hydroxyl groups excluding tert-OH is 1. The lowest BCUT2D eigenvalue weighted by Crippen LogP contribution is -2.34. The van der Waals surface area contributed by atoms with Gasteiger partial charge in [0.2, 0.25) is 5.09 Å². The van der Waals surface area contributed by atoms with Crippen LogP contribution in [-0.4, -0.2) is 19.6 Å². The number of benzene rings is 1. The minimum absolute atomic E-state index is 0.112. The van der Waals surface area contributed by atoms with E-state index in [1.165, 1.54) is 6.07 Å². The molecule has 2 amide bonds. The number of furan rings is 1. The molecule has 0 spiro atoms. The summed E-state index contributed by atoms with van der Waals surface area (Å²) in [7, 11) is -4.26. The number of sulfonamides is 1. The summed E-state index contributed by atoms with van der Waals surface area (Å²) in [4.78, 5) is 12.7. The number of anilines is 1. The minimum Gasteiger partial charge on any atom is -0.447 e. The lowest BCUT2D eigenvalue weighted by Gasteiger charge is -2.23. The predicted octanol–water partition coefficient (Wildman–Crippen LogP) is 3.84. The fraction of sp³-hybridized carbons (Fsp3) is 0.522. The number of nitrogens with one attached hydrogen (secondary N) is 2. The molecule has 1 aromatic carbocycles. The lowest BCUT2D eigenvalue weighted by molar-refractivity contribution is 0.101. The smallest absolute Gasteiger partial charge is 0.333 e. The molecule has 1 fully saturated rings. The first-order chi connectivity index (χ1) is 15.3. The monoisotopic (exact) mass is 460 g/mol. The van der Waals surface area contributed by atoms with Gasteiger partial charge in [-0.05, 0) is 86.0 Å². The summed E-state index contributed by atoms with van der Waals surface area (Å²) in [6.07, 6.45) is 6.00. The van der Waals surface area contributed by atoms with Gasteiger partial charge in [0.1, 0.15) is 11.6 Å². The number of hydrogen-bond donors (Lipinski definition) is 3. The molecule has 32 heavy (non-hydrogen) atoms. The molecule has 170 valence electrons. The van der Waals surface area contributed by atoms with E-state index in [1.54, 1.807) is 0 Å². The predicted molar refractivity (Wildman–Crippen MR) is 114 cm³/mol. The molecular formula is C23H25FN2O5S. The number of amides is 2. The highest BCUT2D eigenvalue weighted by atomic mass is 32.2. The Morgan fingerprint density at radius 2 is 1.72 bits per heavy atom. The highest BCUT2D eigenvalue weighted by Crippen LogP contribution is 2.52. The number of aliphatic hydroxyl groups is 1. The quantitative estimate of drug-likeness (QED) is 0.645. The number of carbonyl (C=O) groups is 1. The molecule has 6 rings (SSSR count). The summed E-state index contributed by atoms with van der Waals surface area (Å²) in [6.45, 7) is 0. The third-order valence-electron chi connectivity index (χ3n) is 7.68. The van der Waals surface area contributed by atoms with Gasteiger partial charge in [-0.3, -0.25) is 0 Å². The van der Waals surface area contributed by atoms with Crippen molar-refractivity contribution in [1.29, 1.82) is 0 Å². The average molecular weight is 461 g/mol.